The highest BCUT2D eigenvalue weighted by Crippen LogP contribution is 2.22. The average Bonchev–Trinajstić information content (AvgIpc) is 2.23. The lowest BCUT2D eigenvalue weighted by molar-refractivity contribution is -0.132. The van der Waals surface area contributed by atoms with E-state index in [1.165, 1.54) is 4.90 Å². The Labute approximate surface area is 83.6 Å². The first-order valence-electron chi connectivity index (χ1n) is 4.78. The molecule has 0 radical (unpaired) electrons. The molecule has 5 nitrogen and oxygen atoms in total. The first-order valence-corrected chi connectivity index (χ1v) is 4.78. The Bertz CT molecular complexity index is 265. The average molecular weight is 199 g/mol. The van der Waals surface area contributed by atoms with E-state index in [0.717, 1.165) is 0 Å². The van der Waals surface area contributed by atoms with Crippen molar-refractivity contribution in [3.63, 3.8) is 0 Å². The van der Waals surface area contributed by atoms with Crippen LogP contribution in [-0.4, -0.2) is 35.0 Å². The minimum Gasteiger partial charge on any atom is -0.330 e. The molecule has 14 heavy (non-hydrogen) atoms. The summed E-state index contributed by atoms with van der Waals surface area (Å²) < 4.78 is 0. The summed E-state index contributed by atoms with van der Waals surface area (Å²) in [6, 6.07) is -0.428. The Morgan fingerprint density at radius 1 is 1.50 bits per heavy atom. The van der Waals surface area contributed by atoms with Crippen LogP contribution in [0.4, 0.5) is 4.79 Å². The zero-order valence-corrected chi connectivity index (χ0v) is 8.83. The summed E-state index contributed by atoms with van der Waals surface area (Å²) in [5, 5.41) is 2.67. The van der Waals surface area contributed by atoms with E-state index in [0.29, 0.717) is 13.0 Å². The van der Waals surface area contributed by atoms with E-state index in [1.54, 1.807) is 6.92 Å². The van der Waals surface area contributed by atoms with E-state index in [1.807, 2.05) is 13.8 Å². The van der Waals surface area contributed by atoms with Gasteiger partial charge in [0.05, 0.1) is 0 Å². The lowest BCUT2D eigenvalue weighted by atomic mass is 9.98. The van der Waals surface area contributed by atoms with Crippen molar-refractivity contribution in [3.8, 4) is 0 Å². The monoisotopic (exact) mass is 199 g/mol. The highest BCUT2D eigenvalue weighted by Gasteiger charge is 2.47. The molecule has 3 amide bonds. The molecule has 1 fully saturated rings. The largest absolute Gasteiger partial charge is 0.330 e. The van der Waals surface area contributed by atoms with Gasteiger partial charge in [0.25, 0.3) is 5.91 Å². The van der Waals surface area contributed by atoms with Gasteiger partial charge in [-0.15, -0.1) is 0 Å². The third-order valence-electron chi connectivity index (χ3n) is 2.45. The van der Waals surface area contributed by atoms with Gasteiger partial charge >= 0.3 is 6.03 Å². The smallest absolute Gasteiger partial charge is 0.325 e. The fourth-order valence-electron chi connectivity index (χ4n) is 1.63. The van der Waals surface area contributed by atoms with Gasteiger partial charge in [0, 0.05) is 6.04 Å². The maximum absolute atomic E-state index is 11.9. The molecule has 5 heteroatoms. The summed E-state index contributed by atoms with van der Waals surface area (Å²) in [5.41, 5.74) is 4.59. The zero-order chi connectivity index (χ0) is 10.9. The van der Waals surface area contributed by atoms with E-state index in [2.05, 4.69) is 5.32 Å². The molecule has 0 aromatic heterocycles. The van der Waals surface area contributed by atoms with Crippen molar-refractivity contribution < 1.29 is 9.59 Å². The van der Waals surface area contributed by atoms with Crippen LogP contribution < -0.4 is 11.1 Å². The Morgan fingerprint density at radius 3 is 2.43 bits per heavy atom. The summed E-state index contributed by atoms with van der Waals surface area (Å²) in [4.78, 5) is 24.6. The molecule has 1 atom stereocenters. The number of carbonyl (C=O) groups excluding carboxylic acids is 2. The molecule has 0 aromatic carbocycles. The summed E-state index contributed by atoms with van der Waals surface area (Å²) in [5.74, 6) is -0.178. The van der Waals surface area contributed by atoms with Gasteiger partial charge in [-0.1, -0.05) is 0 Å². The second kappa shape index (κ2) is 3.57. The Kier molecular flexibility index (Phi) is 2.80. The van der Waals surface area contributed by atoms with E-state index in [-0.39, 0.29) is 18.0 Å². The molecule has 0 bridgehead atoms. The lowest BCUT2D eigenvalue weighted by Crippen LogP contribution is -2.46. The number of carbonyl (C=O) groups is 2. The molecular weight excluding hydrogens is 182 g/mol. The van der Waals surface area contributed by atoms with Crippen molar-refractivity contribution in [2.24, 2.45) is 5.73 Å². The SMILES string of the molecule is CC(C)N1C(=O)NC(C)(CCN)C1=O. The summed E-state index contributed by atoms with van der Waals surface area (Å²) in [6.45, 7) is 5.72. The first kappa shape index (κ1) is 11.0. The van der Waals surface area contributed by atoms with Crippen LogP contribution in [0.15, 0.2) is 0 Å². The van der Waals surface area contributed by atoms with Gasteiger partial charge in [-0.25, -0.2) is 4.79 Å². The molecule has 1 aliphatic rings. The molecule has 1 saturated heterocycles. The van der Waals surface area contributed by atoms with Gasteiger partial charge in [-0.05, 0) is 33.7 Å². The fraction of sp³-hybridized carbons (Fsp3) is 0.778. The predicted octanol–water partition coefficient (Wildman–Crippen LogP) is 0.0541. The summed E-state index contributed by atoms with van der Waals surface area (Å²) in [7, 11) is 0. The van der Waals surface area contributed by atoms with Crippen LogP contribution in [0.5, 0.6) is 0 Å². The first-order chi connectivity index (χ1) is 6.42. The molecule has 80 valence electrons. The minimum atomic E-state index is -0.809. The van der Waals surface area contributed by atoms with Gasteiger partial charge < -0.3 is 11.1 Å². The summed E-state index contributed by atoms with van der Waals surface area (Å²) >= 11 is 0. The number of amides is 3. The van der Waals surface area contributed by atoms with Crippen molar-refractivity contribution in [2.75, 3.05) is 6.54 Å². The number of nitrogens with zero attached hydrogens (tertiary/aromatic N) is 1. The number of nitrogens with two attached hydrogens (primary N) is 1. The molecule has 1 rings (SSSR count). The van der Waals surface area contributed by atoms with Crippen molar-refractivity contribution in [2.45, 2.75) is 38.8 Å². The van der Waals surface area contributed by atoms with Crippen molar-refractivity contribution >= 4 is 11.9 Å². The minimum absolute atomic E-state index is 0.109. The second-order valence-electron chi connectivity index (χ2n) is 4.07. The predicted molar refractivity (Wildman–Crippen MR) is 52.6 cm³/mol. The maximum Gasteiger partial charge on any atom is 0.325 e. The number of rotatable bonds is 3. The molecular formula is C9H17N3O2. The van der Waals surface area contributed by atoms with Crippen LogP contribution in [0.2, 0.25) is 0 Å². The number of hydrogen-bond acceptors (Lipinski definition) is 3. The van der Waals surface area contributed by atoms with Crippen LogP contribution in [0.3, 0.4) is 0 Å². The molecule has 1 heterocycles. The standard InChI is InChI=1S/C9H17N3O2/c1-6(2)12-7(13)9(3,4-5-10)11-8(12)14/h6H,4-5,10H2,1-3H3,(H,11,14). The summed E-state index contributed by atoms with van der Waals surface area (Å²) in [6.07, 6.45) is 0.473. The van der Waals surface area contributed by atoms with Gasteiger partial charge in [0.15, 0.2) is 0 Å². The fourth-order valence-corrected chi connectivity index (χ4v) is 1.63. The molecule has 0 aromatic rings. The van der Waals surface area contributed by atoms with E-state index < -0.39 is 5.54 Å². The topological polar surface area (TPSA) is 75.4 Å². The van der Waals surface area contributed by atoms with Gasteiger partial charge in [0.1, 0.15) is 5.54 Å². The van der Waals surface area contributed by atoms with E-state index >= 15 is 0 Å². The number of nitrogens with one attached hydrogen (secondary N) is 1. The third kappa shape index (κ3) is 1.59. The Balaban J connectivity index is 2.89. The van der Waals surface area contributed by atoms with E-state index in [9.17, 15) is 9.59 Å². The molecule has 0 aliphatic carbocycles. The molecule has 3 N–H and O–H groups in total. The second-order valence-corrected chi connectivity index (χ2v) is 4.07. The van der Waals surface area contributed by atoms with Crippen molar-refractivity contribution in [1.29, 1.82) is 0 Å². The quantitative estimate of drug-likeness (QED) is 0.631. The molecule has 0 spiro atoms. The zero-order valence-electron chi connectivity index (χ0n) is 8.83. The highest BCUT2D eigenvalue weighted by molar-refractivity contribution is 6.07. The lowest BCUT2D eigenvalue weighted by Gasteiger charge is -2.22. The number of urea groups is 1. The molecule has 1 aliphatic heterocycles. The van der Waals surface area contributed by atoms with Gasteiger partial charge in [-0.2, -0.15) is 0 Å². The van der Waals surface area contributed by atoms with Crippen LogP contribution >= 0.6 is 0 Å². The third-order valence-corrected chi connectivity index (χ3v) is 2.45. The van der Waals surface area contributed by atoms with Crippen molar-refractivity contribution in [3.05, 3.63) is 0 Å². The maximum atomic E-state index is 11.9. The molecule has 0 saturated carbocycles. The van der Waals surface area contributed by atoms with Crippen LogP contribution in [0.25, 0.3) is 0 Å². The highest BCUT2D eigenvalue weighted by atomic mass is 16.2. The van der Waals surface area contributed by atoms with Crippen molar-refractivity contribution in [1.82, 2.24) is 10.2 Å². The van der Waals surface area contributed by atoms with E-state index in [4.69, 9.17) is 5.73 Å². The van der Waals surface area contributed by atoms with Crippen LogP contribution in [0, 0.1) is 0 Å². The Hall–Kier alpha value is -1.10. The molecule has 1 unspecified atom stereocenters. The van der Waals surface area contributed by atoms with Crippen LogP contribution in [-0.2, 0) is 4.79 Å². The normalized spacial score (nSPS) is 27.4. The Morgan fingerprint density at radius 2 is 2.07 bits per heavy atom. The van der Waals surface area contributed by atoms with Gasteiger partial charge in [0.2, 0.25) is 0 Å². The number of imide groups is 1. The number of hydrogen-bond donors (Lipinski definition) is 2. The van der Waals surface area contributed by atoms with Crippen LogP contribution in [0.1, 0.15) is 27.2 Å². The van der Waals surface area contributed by atoms with Gasteiger partial charge in [-0.3, -0.25) is 9.69 Å².